The molecule has 0 aromatic heterocycles. The molecule has 2 aliphatic rings. The Morgan fingerprint density at radius 2 is 1.64 bits per heavy atom. The van der Waals surface area contributed by atoms with E-state index >= 15 is 0 Å². The van der Waals surface area contributed by atoms with E-state index < -0.39 is 0 Å². The lowest BCUT2D eigenvalue weighted by Crippen LogP contribution is -2.58. The summed E-state index contributed by atoms with van der Waals surface area (Å²) in [5.74, 6) is 3.62. The van der Waals surface area contributed by atoms with Gasteiger partial charge < -0.3 is 5.32 Å². The molecule has 2 saturated heterocycles. The molecule has 2 aliphatic heterocycles. The highest BCUT2D eigenvalue weighted by atomic mass is 15.2. The van der Waals surface area contributed by atoms with E-state index in [0.29, 0.717) is 5.54 Å². The third-order valence-corrected chi connectivity index (χ3v) is 7.48. The standard InChI is InChI=1S/C23H46N2/c1-6-20(5)8-9-21-12-16-25(17-13-21)23(7-2,18-19(3)4)22-10-14-24-15-11-22/h19-22,24H,6-18H2,1-5H3. The number of piperidine rings is 2. The van der Waals surface area contributed by atoms with Crippen molar-refractivity contribution in [2.24, 2.45) is 23.7 Å². The molecule has 2 rings (SSSR count). The number of rotatable bonds is 9. The Kier molecular flexibility index (Phi) is 8.75. The molecule has 0 spiro atoms. The van der Waals surface area contributed by atoms with E-state index in [4.69, 9.17) is 0 Å². The van der Waals surface area contributed by atoms with Crippen molar-refractivity contribution in [3.63, 3.8) is 0 Å². The van der Waals surface area contributed by atoms with Gasteiger partial charge in [-0.2, -0.15) is 0 Å². The Balaban J connectivity index is 1.98. The molecule has 2 atom stereocenters. The summed E-state index contributed by atoms with van der Waals surface area (Å²) < 4.78 is 0. The first-order valence-corrected chi connectivity index (χ1v) is 11.5. The van der Waals surface area contributed by atoms with Gasteiger partial charge in [0.25, 0.3) is 0 Å². The van der Waals surface area contributed by atoms with Gasteiger partial charge in [-0.25, -0.2) is 0 Å². The van der Waals surface area contributed by atoms with Crippen molar-refractivity contribution in [1.82, 2.24) is 10.2 Å². The van der Waals surface area contributed by atoms with Crippen LogP contribution in [-0.2, 0) is 0 Å². The van der Waals surface area contributed by atoms with Gasteiger partial charge in [0.15, 0.2) is 0 Å². The Bertz CT molecular complexity index is 353. The van der Waals surface area contributed by atoms with E-state index in [-0.39, 0.29) is 0 Å². The fourth-order valence-corrected chi connectivity index (χ4v) is 5.67. The van der Waals surface area contributed by atoms with Crippen LogP contribution in [-0.4, -0.2) is 36.6 Å². The zero-order chi connectivity index (χ0) is 18.3. The van der Waals surface area contributed by atoms with Gasteiger partial charge in [0.05, 0.1) is 0 Å². The number of nitrogens with one attached hydrogen (secondary N) is 1. The topological polar surface area (TPSA) is 15.3 Å². The van der Waals surface area contributed by atoms with Gasteiger partial charge in [0, 0.05) is 5.54 Å². The Labute approximate surface area is 158 Å². The van der Waals surface area contributed by atoms with Gasteiger partial charge in [-0.3, -0.25) is 4.90 Å². The molecule has 0 radical (unpaired) electrons. The molecule has 2 fully saturated rings. The third kappa shape index (κ3) is 5.70. The Morgan fingerprint density at radius 3 is 2.16 bits per heavy atom. The maximum Gasteiger partial charge on any atom is 0.0238 e. The fraction of sp³-hybridized carbons (Fsp3) is 1.00. The average molecular weight is 351 g/mol. The zero-order valence-electron chi connectivity index (χ0n) is 17.9. The van der Waals surface area contributed by atoms with Crippen LogP contribution in [0.4, 0.5) is 0 Å². The second-order valence-corrected chi connectivity index (χ2v) is 9.60. The van der Waals surface area contributed by atoms with Crippen LogP contribution in [0.1, 0.15) is 92.4 Å². The molecule has 25 heavy (non-hydrogen) atoms. The van der Waals surface area contributed by atoms with Crippen LogP contribution < -0.4 is 5.32 Å². The molecular weight excluding hydrogens is 304 g/mol. The minimum absolute atomic E-state index is 0.470. The van der Waals surface area contributed by atoms with Crippen molar-refractivity contribution in [1.29, 1.82) is 0 Å². The van der Waals surface area contributed by atoms with Crippen LogP contribution >= 0.6 is 0 Å². The van der Waals surface area contributed by atoms with Gasteiger partial charge in [0.2, 0.25) is 0 Å². The summed E-state index contributed by atoms with van der Waals surface area (Å²) in [7, 11) is 0. The summed E-state index contributed by atoms with van der Waals surface area (Å²) in [4.78, 5) is 2.96. The van der Waals surface area contributed by atoms with Gasteiger partial charge in [-0.1, -0.05) is 53.9 Å². The van der Waals surface area contributed by atoms with E-state index in [1.165, 1.54) is 84.0 Å². The van der Waals surface area contributed by atoms with Crippen molar-refractivity contribution in [2.45, 2.75) is 97.9 Å². The first-order valence-electron chi connectivity index (χ1n) is 11.5. The van der Waals surface area contributed by atoms with Crippen LogP contribution in [0.2, 0.25) is 0 Å². The first-order chi connectivity index (χ1) is 12.0. The second-order valence-electron chi connectivity index (χ2n) is 9.60. The molecule has 2 nitrogen and oxygen atoms in total. The number of likely N-dealkylation sites (tertiary alicyclic amines) is 1. The molecule has 2 unspecified atom stereocenters. The molecule has 0 aliphatic carbocycles. The van der Waals surface area contributed by atoms with E-state index in [9.17, 15) is 0 Å². The van der Waals surface area contributed by atoms with Crippen LogP contribution in [0.5, 0.6) is 0 Å². The predicted octanol–water partition coefficient (Wildman–Crippen LogP) is 5.72. The van der Waals surface area contributed by atoms with E-state index in [1.807, 2.05) is 0 Å². The van der Waals surface area contributed by atoms with Crippen LogP contribution in [0, 0.1) is 23.7 Å². The molecule has 2 heterocycles. The van der Waals surface area contributed by atoms with Crippen molar-refractivity contribution >= 4 is 0 Å². The highest BCUT2D eigenvalue weighted by Gasteiger charge is 2.43. The number of hydrogen-bond acceptors (Lipinski definition) is 2. The van der Waals surface area contributed by atoms with Crippen LogP contribution in [0.25, 0.3) is 0 Å². The Morgan fingerprint density at radius 1 is 1.00 bits per heavy atom. The lowest BCUT2D eigenvalue weighted by atomic mass is 9.69. The summed E-state index contributed by atoms with van der Waals surface area (Å²) in [6.45, 7) is 17.3. The van der Waals surface area contributed by atoms with Gasteiger partial charge in [0.1, 0.15) is 0 Å². The van der Waals surface area contributed by atoms with Crippen molar-refractivity contribution in [3.8, 4) is 0 Å². The SMILES string of the molecule is CCC(C)CCC1CCN(C(CC)(CC(C)C)C2CCNCC2)CC1. The van der Waals surface area contributed by atoms with Gasteiger partial charge >= 0.3 is 0 Å². The molecule has 148 valence electrons. The lowest BCUT2D eigenvalue weighted by molar-refractivity contribution is -0.0254. The lowest BCUT2D eigenvalue weighted by Gasteiger charge is -2.53. The predicted molar refractivity (Wildman–Crippen MR) is 111 cm³/mol. The molecule has 0 saturated carbocycles. The van der Waals surface area contributed by atoms with E-state index in [1.54, 1.807) is 0 Å². The third-order valence-electron chi connectivity index (χ3n) is 7.48. The normalized spacial score (nSPS) is 25.2. The molecule has 0 bridgehead atoms. The number of hydrogen-bond donors (Lipinski definition) is 1. The monoisotopic (exact) mass is 350 g/mol. The average Bonchev–Trinajstić information content (AvgIpc) is 2.65. The fourth-order valence-electron chi connectivity index (χ4n) is 5.67. The quantitative estimate of drug-likeness (QED) is 0.572. The molecule has 0 aromatic rings. The molecule has 0 amide bonds. The summed E-state index contributed by atoms with van der Waals surface area (Å²) in [5.41, 5.74) is 0.470. The van der Waals surface area contributed by atoms with Crippen LogP contribution in [0.3, 0.4) is 0 Å². The van der Waals surface area contributed by atoms with Crippen molar-refractivity contribution in [3.05, 3.63) is 0 Å². The Hall–Kier alpha value is -0.0800. The summed E-state index contributed by atoms with van der Waals surface area (Å²) >= 11 is 0. The highest BCUT2D eigenvalue weighted by molar-refractivity contribution is 4.99. The van der Waals surface area contributed by atoms with E-state index in [0.717, 1.165) is 23.7 Å². The summed E-state index contributed by atoms with van der Waals surface area (Å²) in [6.07, 6.45) is 12.7. The first kappa shape index (κ1) is 21.2. The summed E-state index contributed by atoms with van der Waals surface area (Å²) in [6, 6.07) is 0. The van der Waals surface area contributed by atoms with Gasteiger partial charge in [-0.05, 0) is 88.4 Å². The highest BCUT2D eigenvalue weighted by Crippen LogP contribution is 2.42. The van der Waals surface area contributed by atoms with E-state index in [2.05, 4.69) is 44.8 Å². The van der Waals surface area contributed by atoms with Crippen LogP contribution in [0.15, 0.2) is 0 Å². The van der Waals surface area contributed by atoms with Gasteiger partial charge in [-0.15, -0.1) is 0 Å². The van der Waals surface area contributed by atoms with Crippen molar-refractivity contribution < 1.29 is 0 Å². The smallest absolute Gasteiger partial charge is 0.0238 e. The molecular formula is C23H46N2. The maximum atomic E-state index is 3.59. The minimum Gasteiger partial charge on any atom is -0.317 e. The zero-order valence-corrected chi connectivity index (χ0v) is 17.9. The number of nitrogens with zero attached hydrogens (tertiary/aromatic N) is 1. The summed E-state index contributed by atoms with van der Waals surface area (Å²) in [5, 5.41) is 3.59. The molecule has 2 heteroatoms. The largest absolute Gasteiger partial charge is 0.317 e. The van der Waals surface area contributed by atoms with Crippen molar-refractivity contribution in [2.75, 3.05) is 26.2 Å². The molecule has 1 N–H and O–H groups in total. The minimum atomic E-state index is 0.470. The molecule has 0 aromatic carbocycles. The second kappa shape index (κ2) is 10.3. The maximum absolute atomic E-state index is 3.59.